The minimum Gasteiger partial charge on any atom is -0.507 e. The second-order valence-electron chi connectivity index (χ2n) is 8.22. The highest BCUT2D eigenvalue weighted by Crippen LogP contribution is 2.37. The van der Waals surface area contributed by atoms with Crippen molar-refractivity contribution in [3.63, 3.8) is 0 Å². The lowest BCUT2D eigenvalue weighted by Gasteiger charge is -2.22. The molecule has 4 aromatic rings. The van der Waals surface area contributed by atoms with Crippen LogP contribution in [-0.2, 0) is 11.2 Å². The summed E-state index contributed by atoms with van der Waals surface area (Å²) in [6.07, 6.45) is 0.486. The Hall–Kier alpha value is -4.12. The van der Waals surface area contributed by atoms with Crippen molar-refractivity contribution in [3.05, 3.63) is 101 Å². The highest BCUT2D eigenvalue weighted by molar-refractivity contribution is 6.15. The van der Waals surface area contributed by atoms with Crippen LogP contribution in [0, 0.1) is 0 Å². The van der Waals surface area contributed by atoms with Gasteiger partial charge in [-0.2, -0.15) is 0 Å². The Labute approximate surface area is 191 Å². The minimum atomic E-state index is -0.535. The van der Waals surface area contributed by atoms with Crippen LogP contribution in [-0.4, -0.2) is 24.0 Å². The van der Waals surface area contributed by atoms with E-state index in [2.05, 4.69) is 0 Å². The minimum absolute atomic E-state index is 0.0644. The molecule has 0 amide bonds. The number of hydrogen-bond acceptors (Lipinski definition) is 5. The van der Waals surface area contributed by atoms with Gasteiger partial charge in [-0.1, -0.05) is 48.5 Å². The molecule has 0 saturated heterocycles. The van der Waals surface area contributed by atoms with Crippen LogP contribution in [0.5, 0.6) is 17.2 Å². The fraction of sp³-hybridized carbons (Fsp3) is 0.143. The normalized spacial score (nSPS) is 13.2. The van der Waals surface area contributed by atoms with E-state index in [0.29, 0.717) is 12.0 Å². The van der Waals surface area contributed by atoms with Crippen LogP contribution in [0.25, 0.3) is 10.8 Å². The van der Waals surface area contributed by atoms with E-state index in [0.717, 1.165) is 33.2 Å². The van der Waals surface area contributed by atoms with Crippen LogP contribution in [0.2, 0.25) is 0 Å². The molecule has 0 fully saturated rings. The Morgan fingerprint density at radius 2 is 1.61 bits per heavy atom. The highest BCUT2D eigenvalue weighted by atomic mass is 16.5. The average Bonchev–Trinajstić information content (AvgIpc) is 2.82. The molecular formula is C28H22O5. The number of carbonyl (C=O) groups excluding carboxylic acids is 2. The summed E-state index contributed by atoms with van der Waals surface area (Å²) in [5.74, 6) is -0.396. The number of ether oxygens (including phenoxy) is 2. The molecule has 5 nitrogen and oxygen atoms in total. The van der Waals surface area contributed by atoms with Gasteiger partial charge in [0.15, 0.2) is 0 Å². The number of fused-ring (bicyclic) bond motifs is 3. The van der Waals surface area contributed by atoms with Gasteiger partial charge < -0.3 is 14.6 Å². The number of ketones is 1. The summed E-state index contributed by atoms with van der Waals surface area (Å²) in [5, 5.41) is 12.3. The van der Waals surface area contributed by atoms with Crippen molar-refractivity contribution >= 4 is 22.5 Å². The summed E-state index contributed by atoms with van der Waals surface area (Å²) in [4.78, 5) is 26.3. The first-order valence-electron chi connectivity index (χ1n) is 10.7. The molecule has 1 aliphatic rings. The van der Waals surface area contributed by atoms with Crippen molar-refractivity contribution in [2.75, 3.05) is 7.11 Å². The van der Waals surface area contributed by atoms with Crippen LogP contribution in [0.1, 0.15) is 45.5 Å². The molecule has 1 N–H and O–H groups in total. The zero-order valence-corrected chi connectivity index (χ0v) is 18.3. The SMILES string of the molecule is COc1ccc2cc(C(C)C(=O)Oc3cccc4c3C(=O)c3c(O)cccc3C4)ccc2c1. The lowest BCUT2D eigenvalue weighted by Crippen LogP contribution is -2.21. The smallest absolute Gasteiger partial charge is 0.318 e. The number of carbonyl (C=O) groups is 2. The van der Waals surface area contributed by atoms with Gasteiger partial charge in [-0.3, -0.25) is 9.59 Å². The van der Waals surface area contributed by atoms with E-state index in [-0.39, 0.29) is 22.8 Å². The van der Waals surface area contributed by atoms with Crippen molar-refractivity contribution in [1.29, 1.82) is 0 Å². The van der Waals surface area contributed by atoms with Crippen LogP contribution < -0.4 is 9.47 Å². The highest BCUT2D eigenvalue weighted by Gasteiger charge is 2.30. The lowest BCUT2D eigenvalue weighted by molar-refractivity contribution is -0.135. The van der Waals surface area contributed by atoms with Gasteiger partial charge in [-0.15, -0.1) is 0 Å². The van der Waals surface area contributed by atoms with E-state index in [1.807, 2.05) is 48.5 Å². The summed E-state index contributed by atoms with van der Waals surface area (Å²) in [7, 11) is 1.63. The molecule has 1 aliphatic carbocycles. The molecule has 0 spiro atoms. The Kier molecular flexibility index (Phi) is 5.09. The predicted octanol–water partition coefficient (Wildman–Crippen LogP) is 5.40. The van der Waals surface area contributed by atoms with Gasteiger partial charge >= 0.3 is 5.97 Å². The molecule has 0 radical (unpaired) electrons. The summed E-state index contributed by atoms with van der Waals surface area (Å²) in [5.41, 5.74) is 2.95. The number of phenols is 1. The first-order valence-corrected chi connectivity index (χ1v) is 10.7. The van der Waals surface area contributed by atoms with Crippen LogP contribution >= 0.6 is 0 Å². The third-order valence-corrected chi connectivity index (χ3v) is 6.21. The van der Waals surface area contributed by atoms with Gasteiger partial charge in [0.2, 0.25) is 5.78 Å². The van der Waals surface area contributed by atoms with E-state index in [1.54, 1.807) is 32.2 Å². The van der Waals surface area contributed by atoms with Gasteiger partial charge in [0.05, 0.1) is 24.2 Å². The summed E-state index contributed by atoms with van der Waals surface area (Å²) < 4.78 is 11.0. The third-order valence-electron chi connectivity index (χ3n) is 6.21. The molecule has 0 aliphatic heterocycles. The number of esters is 1. The van der Waals surface area contributed by atoms with Gasteiger partial charge in [-0.25, -0.2) is 0 Å². The summed E-state index contributed by atoms with van der Waals surface area (Å²) in [6, 6.07) is 21.9. The maximum Gasteiger partial charge on any atom is 0.318 e. The molecule has 0 bridgehead atoms. The number of phenolic OH excluding ortho intramolecular Hbond substituents is 1. The van der Waals surface area contributed by atoms with Crippen LogP contribution in [0.15, 0.2) is 72.8 Å². The van der Waals surface area contributed by atoms with E-state index in [1.165, 1.54) is 6.07 Å². The fourth-order valence-electron chi connectivity index (χ4n) is 4.36. The third kappa shape index (κ3) is 3.61. The molecule has 0 heterocycles. The largest absolute Gasteiger partial charge is 0.507 e. The zero-order chi connectivity index (χ0) is 23.1. The van der Waals surface area contributed by atoms with Crippen LogP contribution in [0.4, 0.5) is 0 Å². The van der Waals surface area contributed by atoms with Crippen LogP contribution in [0.3, 0.4) is 0 Å². The number of hydrogen-bond donors (Lipinski definition) is 1. The second kappa shape index (κ2) is 8.10. The molecule has 0 saturated carbocycles. The van der Waals surface area contributed by atoms with Gasteiger partial charge in [0.25, 0.3) is 0 Å². The molecule has 5 heteroatoms. The molecule has 1 unspecified atom stereocenters. The number of rotatable bonds is 4. The van der Waals surface area contributed by atoms with Crippen molar-refractivity contribution < 1.29 is 24.2 Å². The molecule has 4 aromatic carbocycles. The van der Waals surface area contributed by atoms with E-state index in [9.17, 15) is 14.7 Å². The Balaban J connectivity index is 1.44. The maximum atomic E-state index is 13.2. The summed E-state index contributed by atoms with van der Waals surface area (Å²) >= 11 is 0. The Bertz CT molecular complexity index is 1420. The molecule has 5 rings (SSSR count). The molecular weight excluding hydrogens is 416 g/mol. The number of benzene rings is 4. The average molecular weight is 438 g/mol. The maximum absolute atomic E-state index is 13.2. The predicted molar refractivity (Wildman–Crippen MR) is 125 cm³/mol. The van der Waals surface area contributed by atoms with E-state index in [4.69, 9.17) is 9.47 Å². The Morgan fingerprint density at radius 3 is 2.39 bits per heavy atom. The monoisotopic (exact) mass is 438 g/mol. The van der Waals surface area contributed by atoms with Gasteiger partial charge in [0.1, 0.15) is 17.2 Å². The van der Waals surface area contributed by atoms with Gasteiger partial charge in [0, 0.05) is 0 Å². The first-order chi connectivity index (χ1) is 16.0. The molecule has 1 atom stereocenters. The van der Waals surface area contributed by atoms with E-state index < -0.39 is 11.9 Å². The Morgan fingerprint density at radius 1 is 0.909 bits per heavy atom. The fourth-order valence-corrected chi connectivity index (χ4v) is 4.36. The topological polar surface area (TPSA) is 72.8 Å². The van der Waals surface area contributed by atoms with Gasteiger partial charge in [-0.05, 0) is 65.1 Å². The standard InChI is InChI=1S/C28H22O5/c1-16(17-9-10-19-15-22(32-2)12-11-18(19)13-17)28(31)33-24-8-4-6-21-14-20-5-3-7-23(29)25(20)27(30)26(21)24/h3-13,15-16,29H,14H2,1-2H3. The second-order valence-corrected chi connectivity index (χ2v) is 8.22. The molecule has 164 valence electrons. The van der Waals surface area contributed by atoms with Crippen molar-refractivity contribution in [3.8, 4) is 17.2 Å². The van der Waals surface area contributed by atoms with Crippen molar-refractivity contribution in [2.24, 2.45) is 0 Å². The number of methoxy groups -OCH3 is 1. The molecule has 0 aromatic heterocycles. The number of aromatic hydroxyl groups is 1. The lowest BCUT2D eigenvalue weighted by atomic mass is 9.84. The zero-order valence-electron chi connectivity index (χ0n) is 18.3. The molecule has 33 heavy (non-hydrogen) atoms. The van der Waals surface area contributed by atoms with E-state index >= 15 is 0 Å². The van der Waals surface area contributed by atoms with Crippen molar-refractivity contribution in [2.45, 2.75) is 19.3 Å². The quantitative estimate of drug-likeness (QED) is 0.301. The summed E-state index contributed by atoms with van der Waals surface area (Å²) in [6.45, 7) is 1.78. The first kappa shape index (κ1) is 20.8. The van der Waals surface area contributed by atoms with Crippen molar-refractivity contribution in [1.82, 2.24) is 0 Å².